The maximum absolute atomic E-state index is 12.5. The first-order valence-electron chi connectivity index (χ1n) is 16.7. The fourth-order valence-corrected chi connectivity index (χ4v) is 7.71. The summed E-state index contributed by atoms with van der Waals surface area (Å²) in [5.74, 6) is -1.72. The van der Waals surface area contributed by atoms with E-state index in [-0.39, 0.29) is 24.6 Å². The summed E-state index contributed by atoms with van der Waals surface area (Å²) in [6.07, 6.45) is 7.25. The lowest BCUT2D eigenvalue weighted by Crippen LogP contribution is -2.60. The number of aromatic nitrogens is 1. The molecule has 47 heavy (non-hydrogen) atoms. The van der Waals surface area contributed by atoms with Crippen molar-refractivity contribution in [2.45, 2.75) is 63.4 Å². The third-order valence-electron chi connectivity index (χ3n) is 10.0. The van der Waals surface area contributed by atoms with Crippen LogP contribution >= 0.6 is 0 Å². The van der Waals surface area contributed by atoms with Gasteiger partial charge in [-0.05, 0) is 90.9 Å². The molecule has 1 amide bonds. The van der Waals surface area contributed by atoms with Gasteiger partial charge in [0.05, 0.1) is 17.8 Å². The van der Waals surface area contributed by atoms with Crippen molar-refractivity contribution in [3.8, 4) is 17.0 Å². The van der Waals surface area contributed by atoms with Gasteiger partial charge in [0, 0.05) is 60.9 Å². The van der Waals surface area contributed by atoms with E-state index >= 15 is 0 Å². The monoisotopic (exact) mass is 638 g/mol. The molecule has 1 saturated carbocycles. The molecule has 3 aromatic carbocycles. The molecule has 10 heteroatoms. The first kappa shape index (κ1) is 31.2. The largest absolute Gasteiger partial charge is 0.489 e. The molecule has 1 aliphatic carbocycles. The lowest BCUT2D eigenvalue weighted by atomic mass is 9.82. The van der Waals surface area contributed by atoms with Gasteiger partial charge in [0.15, 0.2) is 0 Å². The highest BCUT2D eigenvalue weighted by Crippen LogP contribution is 2.44. The Morgan fingerprint density at radius 2 is 1.77 bits per heavy atom. The highest BCUT2D eigenvalue weighted by Gasteiger charge is 2.32. The van der Waals surface area contributed by atoms with E-state index in [1.807, 2.05) is 48.3 Å². The molecular formula is C37H42N4O6. The summed E-state index contributed by atoms with van der Waals surface area (Å²) < 4.78 is 8.48. The Morgan fingerprint density at radius 3 is 2.47 bits per heavy atom. The SMILES string of the molecule is Cn1c(-c2ccc(OCc3cc(N4CCCC4=O)ccc3N3CCNC(O)(O)C3)cc2)c(C2CCCCC2)c2ccc(C(=O)O)cc21. The number of rotatable bonds is 8. The first-order chi connectivity index (χ1) is 22.7. The van der Waals surface area contributed by atoms with E-state index in [2.05, 4.69) is 22.0 Å². The second kappa shape index (κ2) is 12.7. The quantitative estimate of drug-likeness (QED) is 0.191. The van der Waals surface area contributed by atoms with Gasteiger partial charge in [-0.3, -0.25) is 10.1 Å². The first-order valence-corrected chi connectivity index (χ1v) is 16.7. The van der Waals surface area contributed by atoms with Gasteiger partial charge >= 0.3 is 5.97 Å². The lowest BCUT2D eigenvalue weighted by molar-refractivity contribution is -0.182. The van der Waals surface area contributed by atoms with E-state index in [0.717, 1.165) is 58.4 Å². The molecule has 3 aliphatic rings. The van der Waals surface area contributed by atoms with Gasteiger partial charge in [-0.1, -0.05) is 25.3 Å². The van der Waals surface area contributed by atoms with Crippen LogP contribution in [0.25, 0.3) is 22.2 Å². The maximum Gasteiger partial charge on any atom is 0.335 e. The molecule has 246 valence electrons. The molecule has 0 unspecified atom stereocenters. The van der Waals surface area contributed by atoms with Gasteiger partial charge in [-0.25, -0.2) is 4.79 Å². The Labute approximate surface area is 274 Å². The number of carboxylic acid groups (broad SMARTS) is 1. The summed E-state index contributed by atoms with van der Waals surface area (Å²) in [7, 11) is 2.02. The molecule has 1 aromatic heterocycles. The van der Waals surface area contributed by atoms with Gasteiger partial charge in [0.2, 0.25) is 11.8 Å². The molecule has 0 atom stereocenters. The number of amides is 1. The number of fused-ring (bicyclic) bond motifs is 1. The number of benzene rings is 3. The van der Waals surface area contributed by atoms with Crippen molar-refractivity contribution in [1.82, 2.24) is 9.88 Å². The number of carboxylic acids is 1. The zero-order valence-corrected chi connectivity index (χ0v) is 26.7. The molecule has 2 saturated heterocycles. The van der Waals surface area contributed by atoms with Crippen LogP contribution in [-0.4, -0.2) is 63.9 Å². The zero-order chi connectivity index (χ0) is 32.7. The van der Waals surface area contributed by atoms with Crippen molar-refractivity contribution in [3.05, 3.63) is 77.4 Å². The standard InChI is InChI=1S/C37H42N4O6/c1-39-32-21-26(36(43)44)11-15-30(32)34(24-6-3-2-4-7-24)35(39)25-9-13-29(14-10-25)47-22-27-20-28(41-18-5-8-33(41)42)12-16-31(27)40-19-17-38-37(45,46)23-40/h9-16,20-21,24,38,45-46H,2-8,17-19,22-23H2,1H3,(H,43,44). The predicted molar refractivity (Wildman–Crippen MR) is 181 cm³/mol. The van der Waals surface area contributed by atoms with Gasteiger partial charge in [0.1, 0.15) is 12.4 Å². The third kappa shape index (κ3) is 6.20. The van der Waals surface area contributed by atoms with Gasteiger partial charge in [-0.2, -0.15) is 0 Å². The summed E-state index contributed by atoms with van der Waals surface area (Å²) >= 11 is 0. The van der Waals surface area contributed by atoms with Crippen molar-refractivity contribution < 1.29 is 29.6 Å². The van der Waals surface area contributed by atoms with Crippen LogP contribution in [0.3, 0.4) is 0 Å². The smallest absolute Gasteiger partial charge is 0.335 e. The summed E-state index contributed by atoms with van der Waals surface area (Å²) in [6, 6.07) is 19.4. The Balaban J connectivity index is 1.19. The van der Waals surface area contributed by atoms with Crippen LogP contribution in [0, 0.1) is 0 Å². The average Bonchev–Trinajstić information content (AvgIpc) is 3.63. The van der Waals surface area contributed by atoms with Crippen molar-refractivity contribution >= 4 is 34.2 Å². The lowest BCUT2D eigenvalue weighted by Gasteiger charge is -2.38. The van der Waals surface area contributed by atoms with E-state index < -0.39 is 11.9 Å². The van der Waals surface area contributed by atoms with Gasteiger partial charge in [-0.15, -0.1) is 0 Å². The molecule has 4 N–H and O–H groups in total. The van der Waals surface area contributed by atoms with Crippen molar-refractivity contribution in [3.63, 3.8) is 0 Å². The molecule has 0 spiro atoms. The number of β-amino-alcohol motifs (C(OH)–C–C–N with tert-alkyl or cyclic N) is 2. The Morgan fingerprint density at radius 1 is 0.979 bits per heavy atom. The molecule has 7 rings (SSSR count). The topological polar surface area (TPSA) is 128 Å². The third-order valence-corrected chi connectivity index (χ3v) is 10.0. The fourth-order valence-electron chi connectivity index (χ4n) is 7.71. The molecule has 4 aromatic rings. The van der Waals surface area contributed by atoms with E-state index in [9.17, 15) is 24.9 Å². The number of ether oxygens (including phenoxy) is 1. The minimum Gasteiger partial charge on any atom is -0.489 e. The van der Waals surface area contributed by atoms with Crippen LogP contribution in [0.4, 0.5) is 11.4 Å². The molecular weight excluding hydrogens is 596 g/mol. The number of hydrogen-bond donors (Lipinski definition) is 4. The van der Waals surface area contributed by atoms with E-state index in [4.69, 9.17) is 4.74 Å². The Kier molecular flexibility index (Phi) is 8.42. The number of aromatic carboxylic acids is 1. The Bertz CT molecular complexity index is 1810. The normalized spacial score (nSPS) is 18.7. The minimum atomic E-state index is -2.00. The number of carbonyl (C=O) groups is 2. The van der Waals surface area contributed by atoms with Gasteiger partial charge in [0.25, 0.3) is 0 Å². The van der Waals surface area contributed by atoms with Crippen LogP contribution in [0.5, 0.6) is 5.75 Å². The van der Waals surface area contributed by atoms with E-state index in [0.29, 0.717) is 37.7 Å². The molecule has 3 fully saturated rings. The molecule has 0 radical (unpaired) electrons. The number of aryl methyl sites for hydroxylation is 1. The van der Waals surface area contributed by atoms with Crippen LogP contribution in [0.2, 0.25) is 0 Å². The number of piperazine rings is 1. The van der Waals surface area contributed by atoms with Crippen LogP contribution in [0.1, 0.15) is 72.3 Å². The predicted octanol–water partition coefficient (Wildman–Crippen LogP) is 5.35. The van der Waals surface area contributed by atoms with E-state index in [1.54, 1.807) is 17.0 Å². The fraction of sp³-hybridized carbons (Fsp3) is 0.405. The maximum atomic E-state index is 12.5. The number of nitrogens with one attached hydrogen (secondary N) is 1. The molecule has 2 aliphatic heterocycles. The summed E-state index contributed by atoms with van der Waals surface area (Å²) in [5.41, 5.74) is 7.17. The zero-order valence-electron chi connectivity index (χ0n) is 26.7. The van der Waals surface area contributed by atoms with Crippen molar-refractivity contribution in [2.75, 3.05) is 36.0 Å². The second-order valence-electron chi connectivity index (χ2n) is 13.1. The van der Waals surface area contributed by atoms with Gasteiger partial charge < -0.3 is 34.4 Å². The average molecular weight is 639 g/mol. The molecule has 3 heterocycles. The van der Waals surface area contributed by atoms with Crippen LogP contribution in [-0.2, 0) is 18.4 Å². The highest BCUT2D eigenvalue weighted by atomic mass is 16.5. The number of carbonyl (C=O) groups excluding carboxylic acids is 1. The van der Waals surface area contributed by atoms with E-state index in [1.165, 1.54) is 24.8 Å². The minimum absolute atomic E-state index is 0.001000. The van der Waals surface area contributed by atoms with Crippen LogP contribution < -0.4 is 19.9 Å². The number of nitrogens with zero attached hydrogens (tertiary/aromatic N) is 3. The number of aliphatic hydroxyl groups is 2. The number of hydrogen-bond acceptors (Lipinski definition) is 7. The molecule has 10 nitrogen and oxygen atoms in total. The summed E-state index contributed by atoms with van der Waals surface area (Å²) in [5, 5.41) is 34.1. The molecule has 0 bridgehead atoms. The number of anilines is 2. The van der Waals surface area contributed by atoms with Crippen molar-refractivity contribution in [2.24, 2.45) is 7.05 Å². The summed E-state index contributed by atoms with van der Waals surface area (Å²) in [4.78, 5) is 28.0. The summed E-state index contributed by atoms with van der Waals surface area (Å²) in [6.45, 7) is 1.92. The van der Waals surface area contributed by atoms with Crippen molar-refractivity contribution in [1.29, 1.82) is 0 Å². The Hall–Kier alpha value is -4.38. The highest BCUT2D eigenvalue weighted by molar-refractivity contribution is 5.98. The second-order valence-corrected chi connectivity index (χ2v) is 13.1. The van der Waals surface area contributed by atoms with Crippen LogP contribution in [0.15, 0.2) is 60.7 Å².